The lowest BCUT2D eigenvalue weighted by Crippen LogP contribution is -2.43. The lowest BCUT2D eigenvalue weighted by atomic mass is 9.92. The summed E-state index contributed by atoms with van der Waals surface area (Å²) in [4.78, 5) is 19.5. The number of hydrogen-bond acceptors (Lipinski definition) is 8. The summed E-state index contributed by atoms with van der Waals surface area (Å²) in [6.45, 7) is 8.84. The molecule has 0 saturated carbocycles. The Balaban J connectivity index is 1.10. The van der Waals surface area contributed by atoms with E-state index in [0.717, 1.165) is 23.3 Å². The predicted molar refractivity (Wildman–Crippen MR) is 319 cm³/mol. The molecule has 0 fully saturated rings. The van der Waals surface area contributed by atoms with Gasteiger partial charge in [-0.25, -0.2) is 0 Å². The molecule has 4 aromatic carbocycles. The Bertz CT molecular complexity index is 3080. The fourth-order valence-corrected chi connectivity index (χ4v) is 13.2. The molecular weight excluding hydrogens is 1290 g/mol. The molecule has 28 heteroatoms. The van der Waals surface area contributed by atoms with Crippen molar-refractivity contribution < 1.29 is 37.7 Å². The van der Waals surface area contributed by atoms with Gasteiger partial charge >= 0.3 is 23.3 Å². The van der Waals surface area contributed by atoms with Crippen LogP contribution in [0, 0.1) is 33.1 Å². The van der Waals surface area contributed by atoms with Crippen LogP contribution in [0.3, 0.4) is 0 Å². The summed E-state index contributed by atoms with van der Waals surface area (Å²) in [5.41, 5.74) is 1.18. The monoisotopic (exact) mass is 1340 g/mol. The highest BCUT2D eigenvalue weighted by molar-refractivity contribution is 6.43. The number of halogens is 12. The first-order valence-corrected chi connectivity index (χ1v) is 29.6. The number of benzene rings is 4. The summed E-state index contributed by atoms with van der Waals surface area (Å²) < 4.78 is 41.6. The van der Waals surface area contributed by atoms with Gasteiger partial charge in [0.1, 0.15) is 50.9 Å². The van der Waals surface area contributed by atoms with E-state index < -0.39 is 5.41 Å². The van der Waals surface area contributed by atoms with Crippen LogP contribution in [0.5, 0.6) is 0 Å². The highest BCUT2D eigenvalue weighted by Crippen LogP contribution is 2.36. The molecule has 0 unspecified atom stereocenters. The van der Waals surface area contributed by atoms with Crippen LogP contribution in [0.15, 0.2) is 48.5 Å². The highest BCUT2D eigenvalue weighted by Gasteiger charge is 2.36. The molecule has 0 N–H and O–H groups in total. The Hall–Kier alpha value is -3.24. The van der Waals surface area contributed by atoms with Gasteiger partial charge in [0.2, 0.25) is 0 Å². The van der Waals surface area contributed by atoms with Gasteiger partial charge in [-0.05, 0) is 68.5 Å². The van der Waals surface area contributed by atoms with Crippen molar-refractivity contribution in [2.45, 2.75) is 53.4 Å². The van der Waals surface area contributed by atoms with E-state index in [1.165, 1.54) is 0 Å². The van der Waals surface area contributed by atoms with E-state index >= 15 is 0 Å². The Labute approximate surface area is 529 Å². The zero-order valence-electron chi connectivity index (χ0n) is 45.1. The van der Waals surface area contributed by atoms with Gasteiger partial charge < -0.3 is 18.9 Å². The standard InChI is InChI=1S/C53H56Cl12N12O4/c1-29-66-45(74(70(29)5)49-37(58)17-33(54)18-38(49)59)9-13-78-25-53(26-79-14-10-46-67-30(2)71(6)75(46)50-39(60)19-34(55)20-40(50)61,27-80-15-11-47-68-31(3)72(7)76(47)51-41(62)21-35(56)22-42(51)63)28-81-16-12-48-69-32(4)73(8)77(48)52-43(64)23-36(57)24-44(52)65/h17-24H,9-16,25-28H2,1-8H3/q+4. The van der Waals surface area contributed by atoms with E-state index in [1.807, 2.05) is 93.3 Å². The molecule has 0 amide bonds. The zero-order chi connectivity index (χ0) is 58.8. The van der Waals surface area contributed by atoms with Gasteiger partial charge in [-0.15, -0.1) is 18.7 Å². The number of hydrogen-bond donors (Lipinski definition) is 0. The fraction of sp³-hybridized carbons (Fsp3) is 0.396. The largest absolute Gasteiger partial charge is 0.380 e. The molecule has 0 radical (unpaired) electrons. The Morgan fingerprint density at radius 2 is 0.506 bits per heavy atom. The number of nitrogens with zero attached hydrogens (tertiary/aromatic N) is 12. The average Bonchev–Trinajstić information content (AvgIpc) is 4.21. The summed E-state index contributed by atoms with van der Waals surface area (Å²) in [5.74, 6) is 5.47. The maximum atomic E-state index is 6.77. The van der Waals surface area contributed by atoms with E-state index in [1.54, 1.807) is 48.5 Å². The van der Waals surface area contributed by atoms with Crippen molar-refractivity contribution >= 4 is 139 Å². The van der Waals surface area contributed by atoms with Gasteiger partial charge in [0.25, 0.3) is 23.3 Å². The smallest absolute Gasteiger partial charge is 0.316 e. The number of rotatable bonds is 24. The van der Waals surface area contributed by atoms with Crippen LogP contribution >= 0.6 is 139 Å². The summed E-state index contributed by atoms with van der Waals surface area (Å²) in [5, 5.41) is 4.47. The van der Waals surface area contributed by atoms with E-state index in [0.29, 0.717) is 132 Å². The minimum atomic E-state index is -0.949. The molecule has 0 atom stereocenters. The molecule has 4 heterocycles. The quantitative estimate of drug-likeness (QED) is 0.0433. The second-order valence-corrected chi connectivity index (χ2v) is 24.2. The molecule has 0 aliphatic heterocycles. The molecule has 16 nitrogen and oxygen atoms in total. The molecule has 8 rings (SSSR count). The molecular formula is C53H56Cl12N12O4+4. The summed E-state index contributed by atoms with van der Waals surface area (Å²) >= 11 is 79.5. The van der Waals surface area contributed by atoms with Crippen molar-refractivity contribution in [3.63, 3.8) is 0 Å². The first-order valence-electron chi connectivity index (χ1n) is 25.1. The minimum Gasteiger partial charge on any atom is -0.380 e. The van der Waals surface area contributed by atoms with Crippen LogP contribution in [-0.2, 0) is 72.8 Å². The van der Waals surface area contributed by atoms with Crippen molar-refractivity contribution in [2.75, 3.05) is 52.9 Å². The van der Waals surface area contributed by atoms with Crippen LogP contribution in [0.4, 0.5) is 0 Å². The normalized spacial score (nSPS) is 12.0. The molecule has 8 aromatic rings. The Morgan fingerprint density at radius 3 is 0.679 bits per heavy atom. The number of aromatic nitrogens is 12. The van der Waals surface area contributed by atoms with Gasteiger partial charge in [0.15, 0.2) is 0 Å². The van der Waals surface area contributed by atoms with Gasteiger partial charge in [0.05, 0.1) is 124 Å². The van der Waals surface area contributed by atoms with Crippen LogP contribution in [0.25, 0.3) is 22.7 Å². The maximum absolute atomic E-state index is 6.77. The van der Waals surface area contributed by atoms with Crippen LogP contribution in [0.2, 0.25) is 60.3 Å². The Morgan fingerprint density at radius 1 is 0.333 bits per heavy atom. The zero-order valence-corrected chi connectivity index (χ0v) is 54.2. The second kappa shape index (κ2) is 27.4. The van der Waals surface area contributed by atoms with Crippen molar-refractivity contribution in [3.8, 4) is 22.7 Å². The van der Waals surface area contributed by atoms with E-state index in [9.17, 15) is 0 Å². The van der Waals surface area contributed by atoms with Crippen LogP contribution < -0.4 is 18.7 Å². The maximum Gasteiger partial charge on any atom is 0.316 e. The number of aryl methyl sites for hydroxylation is 4. The second-order valence-electron chi connectivity index (χ2n) is 19.2. The van der Waals surface area contributed by atoms with Gasteiger partial charge in [-0.1, -0.05) is 139 Å². The molecule has 0 aliphatic rings. The first kappa shape index (κ1) is 63.8. The summed E-state index contributed by atoms with van der Waals surface area (Å²) in [6, 6.07) is 13.1. The molecule has 0 saturated heterocycles. The van der Waals surface area contributed by atoms with Crippen molar-refractivity contribution in [1.29, 1.82) is 0 Å². The molecule has 4 aromatic heterocycles. The van der Waals surface area contributed by atoms with Crippen molar-refractivity contribution in [1.82, 2.24) is 38.7 Å². The molecule has 81 heavy (non-hydrogen) atoms. The van der Waals surface area contributed by atoms with Crippen molar-refractivity contribution in [2.24, 2.45) is 33.6 Å². The van der Waals surface area contributed by atoms with E-state index in [-0.39, 0.29) is 52.9 Å². The third-order valence-corrected chi connectivity index (χ3v) is 16.7. The molecule has 0 aliphatic carbocycles. The van der Waals surface area contributed by atoms with Gasteiger partial charge in [-0.3, -0.25) is 0 Å². The highest BCUT2D eigenvalue weighted by atomic mass is 35.5. The molecule has 432 valence electrons. The third-order valence-electron chi connectivity index (χ3n) is 13.5. The minimum absolute atomic E-state index is 0.108. The SMILES string of the molecule is Cc1nc(CCOCC(COCCc2nc(C)[n+](C)n2-c2c(Cl)cc(Cl)cc2Cl)(COCCc2nc(C)[n+](C)n2-c2c(Cl)cc(Cl)cc2Cl)COCCc2nc(C)[n+](C)n2-c2c(Cl)cc(Cl)cc2Cl)n(-c2c(Cl)cc(Cl)cc2Cl)[n+]1C. The molecule has 0 bridgehead atoms. The average molecular weight is 1350 g/mol. The Kier molecular flexibility index (Phi) is 21.6. The predicted octanol–water partition coefficient (Wildman–Crippen LogP) is 12.1. The summed E-state index contributed by atoms with van der Waals surface area (Å²) in [6.07, 6.45) is 1.42. The molecule has 0 spiro atoms. The van der Waals surface area contributed by atoms with E-state index in [4.69, 9.17) is 178 Å². The van der Waals surface area contributed by atoms with Crippen molar-refractivity contribution in [3.05, 3.63) is 155 Å². The van der Waals surface area contributed by atoms with Gasteiger partial charge in [0, 0.05) is 47.8 Å². The van der Waals surface area contributed by atoms with Gasteiger partial charge in [-0.2, -0.15) is 18.7 Å². The lowest BCUT2D eigenvalue weighted by Gasteiger charge is -2.33. The van der Waals surface area contributed by atoms with E-state index in [2.05, 4.69) is 0 Å². The van der Waals surface area contributed by atoms with Crippen LogP contribution in [-0.4, -0.2) is 91.5 Å². The lowest BCUT2D eigenvalue weighted by molar-refractivity contribution is -0.751. The summed E-state index contributed by atoms with van der Waals surface area (Å²) in [7, 11) is 7.48. The third kappa shape index (κ3) is 14.4. The number of ether oxygens (including phenoxy) is 4. The first-order chi connectivity index (χ1) is 38.4. The van der Waals surface area contributed by atoms with Crippen LogP contribution in [0.1, 0.15) is 46.6 Å². The fourth-order valence-electron chi connectivity index (χ4n) is 9.27. The topological polar surface area (TPSA) is 124 Å².